The molecule has 0 atom stereocenters. The second-order valence-electron chi connectivity index (χ2n) is 5.29. The SMILES string of the molecule is Cc1ccc(S(=O)(=O)Nc2ccccc2SCC(F)(F)F)cc1C(=O)O. The minimum absolute atomic E-state index is 0.0146. The maximum Gasteiger partial charge on any atom is 0.398 e. The van der Waals surface area contributed by atoms with Crippen molar-refractivity contribution >= 4 is 33.4 Å². The number of carboxylic acid groups (broad SMARTS) is 1. The number of hydrogen-bond donors (Lipinski definition) is 2. The van der Waals surface area contributed by atoms with Crippen LogP contribution in [0.1, 0.15) is 15.9 Å². The van der Waals surface area contributed by atoms with Gasteiger partial charge in [0.1, 0.15) is 0 Å². The second-order valence-corrected chi connectivity index (χ2v) is 7.99. The number of aryl methyl sites for hydroxylation is 1. The van der Waals surface area contributed by atoms with Crippen LogP contribution in [0, 0.1) is 6.92 Å². The average Bonchev–Trinajstić information content (AvgIpc) is 2.53. The van der Waals surface area contributed by atoms with Gasteiger partial charge in [0.25, 0.3) is 10.0 Å². The van der Waals surface area contributed by atoms with Crippen molar-refractivity contribution < 1.29 is 31.5 Å². The van der Waals surface area contributed by atoms with Crippen molar-refractivity contribution in [2.45, 2.75) is 22.9 Å². The number of alkyl halides is 3. The number of thioether (sulfide) groups is 1. The Labute approximate surface area is 152 Å². The van der Waals surface area contributed by atoms with E-state index in [1.54, 1.807) is 0 Å². The normalized spacial score (nSPS) is 12.0. The lowest BCUT2D eigenvalue weighted by atomic mass is 10.1. The molecule has 140 valence electrons. The van der Waals surface area contributed by atoms with Crippen LogP contribution < -0.4 is 4.72 Å². The number of carboxylic acids is 1. The van der Waals surface area contributed by atoms with Gasteiger partial charge in [0.05, 0.1) is 21.9 Å². The first-order valence-electron chi connectivity index (χ1n) is 7.15. The Bertz CT molecular complexity index is 927. The van der Waals surface area contributed by atoms with E-state index < -0.39 is 27.9 Å². The predicted octanol–water partition coefficient (Wildman–Crippen LogP) is 4.15. The number of aromatic carboxylic acids is 1. The molecule has 0 aromatic heterocycles. The quantitative estimate of drug-likeness (QED) is 0.706. The van der Waals surface area contributed by atoms with Gasteiger partial charge in [-0.25, -0.2) is 13.2 Å². The zero-order valence-electron chi connectivity index (χ0n) is 13.4. The first kappa shape index (κ1) is 20.1. The molecule has 10 heteroatoms. The molecular weight excluding hydrogens is 391 g/mol. The maximum absolute atomic E-state index is 12.5. The highest BCUT2D eigenvalue weighted by Gasteiger charge is 2.28. The zero-order chi connectivity index (χ0) is 19.5. The standard InChI is InChI=1S/C16H14F3NO4S2/c1-10-6-7-11(8-12(10)15(21)22)26(23,24)20-13-4-2-3-5-14(13)25-9-16(17,18)19/h2-8,20H,9H2,1H3,(H,21,22). The fourth-order valence-electron chi connectivity index (χ4n) is 2.04. The Morgan fingerprint density at radius 1 is 1.19 bits per heavy atom. The number of hydrogen-bond acceptors (Lipinski definition) is 4. The van der Waals surface area contributed by atoms with Crippen molar-refractivity contribution in [2.24, 2.45) is 0 Å². The Balaban J connectivity index is 2.33. The number of nitrogens with one attached hydrogen (secondary N) is 1. The summed E-state index contributed by atoms with van der Waals surface area (Å²) >= 11 is 0.454. The van der Waals surface area contributed by atoms with Gasteiger partial charge in [0, 0.05) is 4.90 Å². The summed E-state index contributed by atoms with van der Waals surface area (Å²) in [5.41, 5.74) is 0.199. The molecule has 0 saturated heterocycles. The highest BCUT2D eigenvalue weighted by Crippen LogP contribution is 2.33. The van der Waals surface area contributed by atoms with Crippen LogP contribution in [-0.4, -0.2) is 31.4 Å². The van der Waals surface area contributed by atoms with Gasteiger partial charge in [-0.2, -0.15) is 13.2 Å². The molecular formula is C16H14F3NO4S2. The summed E-state index contributed by atoms with van der Waals surface area (Å²) in [5.74, 6) is -2.44. The highest BCUT2D eigenvalue weighted by atomic mass is 32.2. The van der Waals surface area contributed by atoms with Gasteiger partial charge in [0.15, 0.2) is 0 Å². The molecule has 26 heavy (non-hydrogen) atoms. The van der Waals surface area contributed by atoms with Crippen LogP contribution in [0.25, 0.3) is 0 Å². The lowest BCUT2D eigenvalue weighted by Crippen LogP contribution is -2.15. The van der Waals surface area contributed by atoms with Crippen molar-refractivity contribution in [3.63, 3.8) is 0 Å². The van der Waals surface area contributed by atoms with E-state index in [0.717, 1.165) is 6.07 Å². The van der Waals surface area contributed by atoms with E-state index >= 15 is 0 Å². The molecule has 0 bridgehead atoms. The van der Waals surface area contributed by atoms with E-state index in [1.807, 2.05) is 0 Å². The lowest BCUT2D eigenvalue weighted by molar-refractivity contribution is -0.105. The summed E-state index contributed by atoms with van der Waals surface area (Å²) in [5, 5.41) is 9.11. The van der Waals surface area contributed by atoms with E-state index in [9.17, 15) is 26.4 Å². The van der Waals surface area contributed by atoms with E-state index in [4.69, 9.17) is 5.11 Å². The van der Waals surface area contributed by atoms with Crippen LogP contribution in [0.2, 0.25) is 0 Å². The second kappa shape index (κ2) is 7.58. The molecule has 2 rings (SSSR count). The van der Waals surface area contributed by atoms with Gasteiger partial charge in [-0.1, -0.05) is 18.2 Å². The number of carbonyl (C=O) groups is 1. The number of halogens is 3. The highest BCUT2D eigenvalue weighted by molar-refractivity contribution is 7.99. The molecule has 0 aliphatic rings. The number of anilines is 1. The average molecular weight is 405 g/mol. The molecule has 0 amide bonds. The number of para-hydroxylation sites is 1. The Morgan fingerprint density at radius 2 is 1.85 bits per heavy atom. The topological polar surface area (TPSA) is 83.5 Å². The third-order valence-electron chi connectivity index (χ3n) is 3.27. The molecule has 0 heterocycles. The first-order chi connectivity index (χ1) is 12.0. The van der Waals surface area contributed by atoms with Gasteiger partial charge in [-0.05, 0) is 36.8 Å². The predicted molar refractivity (Wildman–Crippen MR) is 92.2 cm³/mol. The van der Waals surface area contributed by atoms with E-state index in [1.165, 1.54) is 43.3 Å². The van der Waals surface area contributed by atoms with Crippen LogP contribution in [0.5, 0.6) is 0 Å². The minimum Gasteiger partial charge on any atom is -0.478 e. The fraction of sp³-hybridized carbons (Fsp3) is 0.188. The number of benzene rings is 2. The number of rotatable bonds is 6. The smallest absolute Gasteiger partial charge is 0.398 e. The maximum atomic E-state index is 12.5. The summed E-state index contributed by atoms with van der Waals surface area (Å²) in [6, 6.07) is 9.26. The summed E-state index contributed by atoms with van der Waals surface area (Å²) < 4.78 is 64.5. The van der Waals surface area contributed by atoms with Crippen molar-refractivity contribution in [2.75, 3.05) is 10.5 Å². The molecule has 0 fully saturated rings. The number of sulfonamides is 1. The Kier molecular flexibility index (Phi) is 5.87. The van der Waals surface area contributed by atoms with Gasteiger partial charge in [-0.3, -0.25) is 4.72 Å². The van der Waals surface area contributed by atoms with E-state index in [0.29, 0.717) is 17.3 Å². The van der Waals surface area contributed by atoms with Crippen LogP contribution in [0.3, 0.4) is 0 Å². The van der Waals surface area contributed by atoms with E-state index in [-0.39, 0.29) is 21.0 Å². The fourth-order valence-corrected chi connectivity index (χ4v) is 3.98. The molecule has 0 spiro atoms. The van der Waals surface area contributed by atoms with Gasteiger partial charge in [0.2, 0.25) is 0 Å². The molecule has 0 unspecified atom stereocenters. The third kappa shape index (κ3) is 5.15. The lowest BCUT2D eigenvalue weighted by Gasteiger charge is -2.14. The molecule has 5 nitrogen and oxygen atoms in total. The summed E-state index contributed by atoms with van der Waals surface area (Å²) in [6.07, 6.45) is -4.40. The van der Waals surface area contributed by atoms with Gasteiger partial charge < -0.3 is 5.11 Å². The van der Waals surface area contributed by atoms with Crippen molar-refractivity contribution in [3.8, 4) is 0 Å². The molecule has 0 saturated carbocycles. The molecule has 2 N–H and O–H groups in total. The van der Waals surface area contributed by atoms with Crippen LogP contribution in [0.15, 0.2) is 52.3 Å². The molecule has 0 aliphatic heterocycles. The Morgan fingerprint density at radius 3 is 2.46 bits per heavy atom. The summed E-state index contributed by atoms with van der Waals surface area (Å²) in [6.45, 7) is 1.52. The molecule has 2 aromatic rings. The van der Waals surface area contributed by atoms with Crippen molar-refractivity contribution in [3.05, 3.63) is 53.6 Å². The molecule has 0 aliphatic carbocycles. The first-order valence-corrected chi connectivity index (χ1v) is 9.62. The van der Waals surface area contributed by atoms with Crippen LogP contribution in [-0.2, 0) is 10.0 Å². The molecule has 2 aromatic carbocycles. The summed E-state index contributed by atoms with van der Waals surface area (Å²) in [7, 11) is -4.17. The summed E-state index contributed by atoms with van der Waals surface area (Å²) in [4.78, 5) is 11.0. The zero-order valence-corrected chi connectivity index (χ0v) is 15.0. The van der Waals surface area contributed by atoms with E-state index in [2.05, 4.69) is 4.72 Å². The van der Waals surface area contributed by atoms with Crippen LogP contribution in [0.4, 0.5) is 18.9 Å². The van der Waals surface area contributed by atoms with Gasteiger partial charge >= 0.3 is 12.1 Å². The Hall–Kier alpha value is -2.20. The third-order valence-corrected chi connectivity index (χ3v) is 5.77. The minimum atomic E-state index is -4.40. The van der Waals surface area contributed by atoms with Gasteiger partial charge in [-0.15, -0.1) is 11.8 Å². The van der Waals surface area contributed by atoms with Crippen LogP contribution >= 0.6 is 11.8 Å². The molecule has 0 radical (unpaired) electrons. The largest absolute Gasteiger partial charge is 0.478 e. The van der Waals surface area contributed by atoms with Crippen molar-refractivity contribution in [1.29, 1.82) is 0 Å². The monoisotopic (exact) mass is 405 g/mol. The van der Waals surface area contributed by atoms with Crippen molar-refractivity contribution in [1.82, 2.24) is 0 Å².